The third-order valence-electron chi connectivity index (χ3n) is 5.82. The molecule has 0 aliphatic carbocycles. The SMILES string of the molecule is O=C(CN1C(=O)NC(c2ccccc2)(c2ccccc2)C1=O)NCC[NH+]1CCOCC1.[Cl-]. The molecule has 2 fully saturated rings. The van der Waals surface area contributed by atoms with Crippen molar-refractivity contribution in [2.45, 2.75) is 5.54 Å². The fourth-order valence-electron chi connectivity index (χ4n) is 4.14. The Morgan fingerprint density at radius 1 is 1.00 bits per heavy atom. The van der Waals surface area contributed by atoms with Crippen LogP contribution < -0.4 is 27.9 Å². The highest BCUT2D eigenvalue weighted by molar-refractivity contribution is 6.11. The number of morpholine rings is 1. The Labute approximate surface area is 193 Å². The van der Waals surface area contributed by atoms with E-state index < -0.39 is 17.5 Å². The summed E-state index contributed by atoms with van der Waals surface area (Å²) in [6, 6.07) is 17.6. The third-order valence-corrected chi connectivity index (χ3v) is 5.82. The van der Waals surface area contributed by atoms with Gasteiger partial charge in [-0.1, -0.05) is 60.7 Å². The Bertz CT molecular complexity index is 896. The zero-order valence-corrected chi connectivity index (χ0v) is 18.4. The number of carbonyl (C=O) groups excluding carboxylic acids is 3. The van der Waals surface area contributed by atoms with E-state index in [1.54, 1.807) is 24.3 Å². The van der Waals surface area contributed by atoms with E-state index in [0.29, 0.717) is 17.7 Å². The van der Waals surface area contributed by atoms with E-state index >= 15 is 0 Å². The van der Waals surface area contributed by atoms with Gasteiger partial charge in [0.25, 0.3) is 5.91 Å². The van der Waals surface area contributed by atoms with Crippen molar-refractivity contribution in [3.8, 4) is 0 Å². The standard InChI is InChI=1S/C23H26N4O4.ClH/c28-20(24-11-12-26-13-15-31-16-14-26)17-27-21(29)23(25-22(27)30,18-7-3-1-4-8-18)19-9-5-2-6-10-19;/h1-10H,11-17H2,(H,24,28)(H,25,30);1H. The molecule has 2 aromatic rings. The number of nitrogens with zero attached hydrogens (tertiary/aromatic N) is 1. The van der Waals surface area contributed by atoms with Gasteiger partial charge in [-0.05, 0) is 11.1 Å². The van der Waals surface area contributed by atoms with Gasteiger partial charge in [-0.2, -0.15) is 0 Å². The lowest BCUT2D eigenvalue weighted by molar-refractivity contribution is -0.906. The molecule has 0 aromatic heterocycles. The molecule has 0 atom stereocenters. The first kappa shape index (κ1) is 23.7. The fraction of sp³-hybridized carbons (Fsp3) is 0.348. The number of nitrogens with one attached hydrogen (secondary N) is 3. The number of halogens is 1. The van der Waals surface area contributed by atoms with Crippen LogP contribution >= 0.6 is 0 Å². The molecular formula is C23H27ClN4O4. The summed E-state index contributed by atoms with van der Waals surface area (Å²) in [4.78, 5) is 41.2. The van der Waals surface area contributed by atoms with Gasteiger partial charge >= 0.3 is 6.03 Å². The van der Waals surface area contributed by atoms with Crippen molar-refractivity contribution in [2.75, 3.05) is 45.9 Å². The van der Waals surface area contributed by atoms with Gasteiger partial charge in [0.05, 0.1) is 26.3 Å². The van der Waals surface area contributed by atoms with Gasteiger partial charge in [0.1, 0.15) is 19.6 Å². The largest absolute Gasteiger partial charge is 1.00 e. The molecular weight excluding hydrogens is 432 g/mol. The first-order valence-electron chi connectivity index (χ1n) is 10.5. The van der Waals surface area contributed by atoms with Crippen molar-refractivity contribution in [2.24, 2.45) is 0 Å². The Kier molecular flexibility index (Phi) is 7.84. The Balaban J connectivity index is 0.00000289. The van der Waals surface area contributed by atoms with Crippen LogP contribution in [0.25, 0.3) is 0 Å². The first-order valence-corrected chi connectivity index (χ1v) is 10.5. The minimum absolute atomic E-state index is 0. The number of carbonyl (C=O) groups is 3. The van der Waals surface area contributed by atoms with Gasteiger partial charge in [-0.3, -0.25) is 14.5 Å². The molecule has 9 heteroatoms. The zero-order chi connectivity index (χ0) is 21.7. The highest BCUT2D eigenvalue weighted by Crippen LogP contribution is 2.35. The van der Waals surface area contributed by atoms with Crippen molar-refractivity contribution in [1.29, 1.82) is 0 Å². The lowest BCUT2D eigenvalue weighted by Gasteiger charge is -2.28. The van der Waals surface area contributed by atoms with Gasteiger partial charge < -0.3 is 32.7 Å². The van der Waals surface area contributed by atoms with Crippen LogP contribution in [0.15, 0.2) is 60.7 Å². The number of rotatable bonds is 7. The first-order chi connectivity index (χ1) is 15.1. The summed E-state index contributed by atoms with van der Waals surface area (Å²) in [6.07, 6.45) is 0. The fourth-order valence-corrected chi connectivity index (χ4v) is 4.14. The van der Waals surface area contributed by atoms with E-state index in [4.69, 9.17) is 4.74 Å². The summed E-state index contributed by atoms with van der Waals surface area (Å²) >= 11 is 0. The smallest absolute Gasteiger partial charge is 0.326 e. The van der Waals surface area contributed by atoms with Crippen LogP contribution in [0, 0.1) is 0 Å². The molecule has 2 aliphatic heterocycles. The number of amides is 4. The quantitative estimate of drug-likeness (QED) is 0.376. The van der Waals surface area contributed by atoms with E-state index in [0.717, 1.165) is 37.7 Å². The maximum absolute atomic E-state index is 13.5. The maximum atomic E-state index is 13.5. The van der Waals surface area contributed by atoms with Crippen LogP contribution in [-0.2, 0) is 19.9 Å². The summed E-state index contributed by atoms with van der Waals surface area (Å²) in [6.45, 7) is 4.25. The topological polar surface area (TPSA) is 92.2 Å². The van der Waals surface area contributed by atoms with Crippen LogP contribution in [0.5, 0.6) is 0 Å². The zero-order valence-electron chi connectivity index (χ0n) is 17.7. The van der Waals surface area contributed by atoms with Gasteiger partial charge in [-0.15, -0.1) is 0 Å². The third kappa shape index (κ3) is 4.77. The normalized spacial score (nSPS) is 18.1. The van der Waals surface area contributed by atoms with E-state index in [2.05, 4.69) is 10.6 Å². The molecule has 0 bridgehead atoms. The molecule has 4 amide bonds. The van der Waals surface area contributed by atoms with E-state index in [-0.39, 0.29) is 24.9 Å². The van der Waals surface area contributed by atoms with Crippen molar-refractivity contribution in [1.82, 2.24) is 15.5 Å². The average molecular weight is 459 g/mol. The molecule has 2 aromatic carbocycles. The molecule has 32 heavy (non-hydrogen) atoms. The molecule has 8 nitrogen and oxygen atoms in total. The molecule has 0 radical (unpaired) electrons. The second kappa shape index (κ2) is 10.6. The molecule has 170 valence electrons. The predicted molar refractivity (Wildman–Crippen MR) is 113 cm³/mol. The van der Waals surface area contributed by atoms with Gasteiger partial charge in [-0.25, -0.2) is 4.79 Å². The minimum atomic E-state index is -1.35. The molecule has 2 aliphatic rings. The highest BCUT2D eigenvalue weighted by atomic mass is 35.5. The summed E-state index contributed by atoms with van der Waals surface area (Å²) in [5.41, 5.74) is -0.0468. The van der Waals surface area contributed by atoms with Crippen LogP contribution in [0.4, 0.5) is 4.79 Å². The van der Waals surface area contributed by atoms with E-state index in [1.807, 2.05) is 36.4 Å². The predicted octanol–water partition coefficient (Wildman–Crippen LogP) is -3.48. The number of benzene rings is 2. The maximum Gasteiger partial charge on any atom is 0.326 e. The highest BCUT2D eigenvalue weighted by Gasteiger charge is 2.54. The van der Waals surface area contributed by atoms with Crippen molar-refractivity contribution >= 4 is 17.8 Å². The van der Waals surface area contributed by atoms with Gasteiger partial charge in [0.15, 0.2) is 5.54 Å². The summed E-state index contributed by atoms with van der Waals surface area (Å²) in [5, 5.41) is 5.68. The lowest BCUT2D eigenvalue weighted by atomic mass is 9.82. The number of hydrogen-bond donors (Lipinski definition) is 3. The van der Waals surface area contributed by atoms with Crippen LogP contribution in [0.1, 0.15) is 11.1 Å². The number of quaternary nitrogens is 1. The Morgan fingerprint density at radius 2 is 1.56 bits per heavy atom. The second-order valence-electron chi connectivity index (χ2n) is 7.77. The molecule has 0 saturated carbocycles. The van der Waals surface area contributed by atoms with Crippen LogP contribution in [-0.4, -0.2) is 68.7 Å². The van der Waals surface area contributed by atoms with Gasteiger partial charge in [0, 0.05) is 0 Å². The van der Waals surface area contributed by atoms with Gasteiger partial charge in [0.2, 0.25) is 5.91 Å². The van der Waals surface area contributed by atoms with Crippen LogP contribution in [0.3, 0.4) is 0 Å². The molecule has 4 rings (SSSR count). The average Bonchev–Trinajstić information content (AvgIpc) is 3.06. The molecule has 0 spiro atoms. The Morgan fingerprint density at radius 3 is 2.12 bits per heavy atom. The summed E-state index contributed by atoms with van der Waals surface area (Å²) in [5.74, 6) is -0.808. The minimum Gasteiger partial charge on any atom is -1.00 e. The Hall–Kier alpha value is -2.94. The number of hydrogen-bond acceptors (Lipinski definition) is 4. The number of urea groups is 1. The second-order valence-corrected chi connectivity index (χ2v) is 7.77. The summed E-state index contributed by atoms with van der Waals surface area (Å²) in [7, 11) is 0. The monoisotopic (exact) mass is 458 g/mol. The summed E-state index contributed by atoms with van der Waals surface area (Å²) < 4.78 is 5.34. The van der Waals surface area contributed by atoms with Crippen LogP contribution in [0.2, 0.25) is 0 Å². The number of imide groups is 1. The lowest BCUT2D eigenvalue weighted by Crippen LogP contribution is -3.14. The van der Waals surface area contributed by atoms with E-state index in [1.165, 1.54) is 4.90 Å². The van der Waals surface area contributed by atoms with Crippen molar-refractivity contribution in [3.63, 3.8) is 0 Å². The van der Waals surface area contributed by atoms with E-state index in [9.17, 15) is 14.4 Å². The molecule has 2 heterocycles. The van der Waals surface area contributed by atoms with Crippen molar-refractivity contribution < 1.29 is 36.4 Å². The number of ether oxygens (including phenoxy) is 1. The molecule has 2 saturated heterocycles. The molecule has 0 unspecified atom stereocenters. The van der Waals surface area contributed by atoms with Crippen molar-refractivity contribution in [3.05, 3.63) is 71.8 Å². The molecule has 3 N–H and O–H groups in total.